The van der Waals surface area contributed by atoms with Gasteiger partial charge in [-0.05, 0) is 54.4 Å². The molecule has 0 bridgehead atoms. The zero-order valence-corrected chi connectivity index (χ0v) is 15.1. The third-order valence-electron chi connectivity index (χ3n) is 2.58. The van der Waals surface area contributed by atoms with Gasteiger partial charge < -0.3 is 10.1 Å². The Labute approximate surface area is 137 Å². The molecular weight excluding hydrogens is 382 g/mol. The highest BCUT2D eigenvalue weighted by Gasteiger charge is 2.19. The van der Waals surface area contributed by atoms with Crippen molar-refractivity contribution in [3.8, 4) is 0 Å². The molecule has 1 amide bonds. The molecule has 0 atom stereocenters. The Hall–Kier alpha value is -0.630. The number of amides is 1. The standard InChI is InChI=1S/C13H17BrClNO4S/c1-8(2)20-5-4-16-13(17)10-6-9(3)12(14)11(7-10)21(15,18)19/h6-8H,4-5H2,1-3H3,(H,16,17). The van der Waals surface area contributed by atoms with Gasteiger partial charge in [0.05, 0.1) is 17.6 Å². The van der Waals surface area contributed by atoms with Crippen LogP contribution in [0.1, 0.15) is 29.8 Å². The highest BCUT2D eigenvalue weighted by Crippen LogP contribution is 2.29. The van der Waals surface area contributed by atoms with Crippen molar-refractivity contribution in [3.05, 3.63) is 27.7 Å². The second-order valence-corrected chi connectivity index (χ2v) is 8.05. The van der Waals surface area contributed by atoms with Crippen LogP contribution in [-0.4, -0.2) is 33.6 Å². The molecule has 0 spiro atoms. The summed E-state index contributed by atoms with van der Waals surface area (Å²) >= 11 is 3.16. The molecule has 0 fully saturated rings. The maximum absolute atomic E-state index is 12.0. The molecule has 1 rings (SSSR count). The lowest BCUT2D eigenvalue weighted by atomic mass is 10.1. The van der Waals surface area contributed by atoms with E-state index in [1.165, 1.54) is 6.07 Å². The Kier molecular flexibility index (Phi) is 6.65. The summed E-state index contributed by atoms with van der Waals surface area (Å²) in [5, 5.41) is 2.66. The van der Waals surface area contributed by atoms with Crippen molar-refractivity contribution < 1.29 is 17.9 Å². The lowest BCUT2D eigenvalue weighted by molar-refractivity contribution is 0.0746. The SMILES string of the molecule is Cc1cc(C(=O)NCCOC(C)C)cc(S(=O)(=O)Cl)c1Br. The van der Waals surface area contributed by atoms with E-state index in [1.807, 2.05) is 13.8 Å². The third-order valence-corrected chi connectivity index (χ3v) is 5.25. The number of carbonyl (C=O) groups is 1. The number of halogens is 2. The lowest BCUT2D eigenvalue weighted by Crippen LogP contribution is -2.28. The molecule has 0 aliphatic rings. The first kappa shape index (κ1) is 18.4. The van der Waals surface area contributed by atoms with Gasteiger partial charge in [-0.1, -0.05) is 0 Å². The van der Waals surface area contributed by atoms with E-state index in [1.54, 1.807) is 13.0 Å². The van der Waals surface area contributed by atoms with Crippen molar-refractivity contribution in [1.82, 2.24) is 5.32 Å². The Balaban J connectivity index is 2.89. The van der Waals surface area contributed by atoms with E-state index in [-0.39, 0.29) is 22.5 Å². The van der Waals surface area contributed by atoms with Crippen LogP contribution in [0.25, 0.3) is 0 Å². The highest BCUT2D eigenvalue weighted by molar-refractivity contribution is 9.10. The first-order valence-electron chi connectivity index (χ1n) is 6.27. The smallest absolute Gasteiger partial charge is 0.262 e. The molecule has 0 aliphatic carbocycles. The van der Waals surface area contributed by atoms with Crippen LogP contribution >= 0.6 is 26.6 Å². The van der Waals surface area contributed by atoms with E-state index in [9.17, 15) is 13.2 Å². The van der Waals surface area contributed by atoms with Gasteiger partial charge in [0.25, 0.3) is 15.0 Å². The monoisotopic (exact) mass is 397 g/mol. The average molecular weight is 399 g/mol. The molecule has 0 saturated heterocycles. The average Bonchev–Trinajstić information content (AvgIpc) is 2.35. The molecule has 1 aromatic carbocycles. The largest absolute Gasteiger partial charge is 0.377 e. The molecule has 0 saturated carbocycles. The van der Waals surface area contributed by atoms with Crippen LogP contribution in [0, 0.1) is 6.92 Å². The van der Waals surface area contributed by atoms with Gasteiger partial charge in [-0.2, -0.15) is 0 Å². The summed E-state index contributed by atoms with van der Waals surface area (Å²) in [5.41, 5.74) is 0.847. The van der Waals surface area contributed by atoms with Crippen LogP contribution in [0.3, 0.4) is 0 Å². The zero-order valence-electron chi connectivity index (χ0n) is 11.9. The Morgan fingerprint density at radius 2 is 2.05 bits per heavy atom. The van der Waals surface area contributed by atoms with Crippen LogP contribution in [0.15, 0.2) is 21.5 Å². The number of hydrogen-bond donors (Lipinski definition) is 1. The predicted octanol–water partition coefficient (Wildman–Crippen LogP) is 2.84. The highest BCUT2D eigenvalue weighted by atomic mass is 79.9. The minimum atomic E-state index is -3.93. The van der Waals surface area contributed by atoms with Crippen LogP contribution in [0.5, 0.6) is 0 Å². The number of nitrogens with one attached hydrogen (secondary N) is 1. The minimum absolute atomic E-state index is 0.0878. The summed E-state index contributed by atoms with van der Waals surface area (Å²) in [6.45, 7) is 6.22. The van der Waals surface area contributed by atoms with E-state index in [0.717, 1.165) is 0 Å². The van der Waals surface area contributed by atoms with Crippen molar-refractivity contribution >= 4 is 41.6 Å². The molecule has 0 aromatic heterocycles. The van der Waals surface area contributed by atoms with Crippen LogP contribution in [-0.2, 0) is 13.8 Å². The van der Waals surface area contributed by atoms with E-state index in [0.29, 0.717) is 23.2 Å². The Bertz CT molecular complexity index is 631. The second-order valence-electron chi connectivity index (χ2n) is 4.72. The van der Waals surface area contributed by atoms with Gasteiger partial charge in [-0.25, -0.2) is 8.42 Å². The minimum Gasteiger partial charge on any atom is -0.377 e. The Morgan fingerprint density at radius 1 is 1.43 bits per heavy atom. The quantitative estimate of drug-likeness (QED) is 0.591. The van der Waals surface area contributed by atoms with Gasteiger partial charge in [0, 0.05) is 27.3 Å². The number of ether oxygens (including phenoxy) is 1. The van der Waals surface area contributed by atoms with Gasteiger partial charge in [0.15, 0.2) is 0 Å². The summed E-state index contributed by atoms with van der Waals surface area (Å²) < 4.78 is 28.7. The number of rotatable bonds is 6. The molecule has 0 unspecified atom stereocenters. The van der Waals surface area contributed by atoms with Crippen molar-refractivity contribution in [2.75, 3.05) is 13.2 Å². The molecule has 0 radical (unpaired) electrons. The maximum Gasteiger partial charge on any atom is 0.262 e. The molecule has 1 N–H and O–H groups in total. The van der Waals surface area contributed by atoms with E-state index < -0.39 is 9.05 Å². The fraction of sp³-hybridized carbons (Fsp3) is 0.462. The van der Waals surface area contributed by atoms with E-state index >= 15 is 0 Å². The third kappa shape index (κ3) is 5.58. The van der Waals surface area contributed by atoms with Gasteiger partial charge in [0.1, 0.15) is 0 Å². The number of benzene rings is 1. The molecule has 0 heterocycles. The van der Waals surface area contributed by atoms with E-state index in [4.69, 9.17) is 15.4 Å². The zero-order chi connectivity index (χ0) is 16.2. The van der Waals surface area contributed by atoms with E-state index in [2.05, 4.69) is 21.2 Å². The fourth-order valence-electron chi connectivity index (χ4n) is 1.61. The predicted molar refractivity (Wildman–Crippen MR) is 85.3 cm³/mol. The summed E-state index contributed by atoms with van der Waals surface area (Å²) in [7, 11) is 1.44. The molecule has 5 nitrogen and oxygen atoms in total. The number of aryl methyl sites for hydroxylation is 1. The number of hydrogen-bond acceptors (Lipinski definition) is 4. The molecule has 1 aromatic rings. The second kappa shape index (κ2) is 7.58. The number of carbonyl (C=O) groups excluding carboxylic acids is 1. The summed E-state index contributed by atoms with van der Waals surface area (Å²) in [5.74, 6) is -0.375. The molecule has 21 heavy (non-hydrogen) atoms. The summed E-state index contributed by atoms with van der Waals surface area (Å²) in [6, 6.07) is 2.84. The van der Waals surface area contributed by atoms with Crippen LogP contribution in [0.4, 0.5) is 0 Å². The van der Waals surface area contributed by atoms with Crippen molar-refractivity contribution in [3.63, 3.8) is 0 Å². The first-order valence-corrected chi connectivity index (χ1v) is 9.37. The lowest BCUT2D eigenvalue weighted by Gasteiger charge is -2.11. The normalized spacial score (nSPS) is 11.7. The van der Waals surface area contributed by atoms with Crippen molar-refractivity contribution in [2.45, 2.75) is 31.8 Å². The van der Waals surface area contributed by atoms with Gasteiger partial charge in [-0.3, -0.25) is 4.79 Å². The molecular formula is C13H17BrClNO4S. The molecule has 118 valence electrons. The van der Waals surface area contributed by atoms with Gasteiger partial charge in [0.2, 0.25) is 0 Å². The van der Waals surface area contributed by atoms with Gasteiger partial charge >= 0.3 is 0 Å². The first-order chi connectivity index (χ1) is 9.62. The summed E-state index contributed by atoms with van der Waals surface area (Å²) in [6.07, 6.45) is 0.0878. The van der Waals surface area contributed by atoms with Crippen molar-refractivity contribution in [2.24, 2.45) is 0 Å². The molecule has 0 aliphatic heterocycles. The topological polar surface area (TPSA) is 72.5 Å². The van der Waals surface area contributed by atoms with Gasteiger partial charge in [-0.15, -0.1) is 0 Å². The maximum atomic E-state index is 12.0. The van der Waals surface area contributed by atoms with Crippen LogP contribution in [0.2, 0.25) is 0 Å². The Morgan fingerprint density at radius 3 is 2.57 bits per heavy atom. The van der Waals surface area contributed by atoms with Crippen LogP contribution < -0.4 is 5.32 Å². The summed E-state index contributed by atoms with van der Waals surface area (Å²) in [4.78, 5) is 11.9. The molecule has 8 heteroatoms. The fourth-order valence-corrected chi connectivity index (χ4v) is 3.76. The van der Waals surface area contributed by atoms with Crippen molar-refractivity contribution in [1.29, 1.82) is 0 Å².